The van der Waals surface area contributed by atoms with Gasteiger partial charge in [-0.3, -0.25) is 0 Å². The zero-order valence-electron chi connectivity index (χ0n) is 12.2. The Bertz CT molecular complexity index is 710. The molecule has 2 rings (SSSR count). The van der Waals surface area contributed by atoms with Crippen LogP contribution < -0.4 is 5.32 Å². The Hall–Kier alpha value is -0.980. The van der Waals surface area contributed by atoms with Gasteiger partial charge < -0.3 is 5.32 Å². The van der Waals surface area contributed by atoms with E-state index in [0.29, 0.717) is 6.42 Å². The molecule has 0 aliphatic carbocycles. The number of fused-ring (bicyclic) bond motifs is 1. The minimum atomic E-state index is -2.98. The Labute approximate surface area is 129 Å². The van der Waals surface area contributed by atoms with Gasteiger partial charge in [0, 0.05) is 21.9 Å². The fourth-order valence-corrected chi connectivity index (χ4v) is 4.06. The van der Waals surface area contributed by atoms with Crippen LogP contribution in [0.25, 0.3) is 10.1 Å². The normalized spacial score (nSPS) is 13.7. The van der Waals surface area contributed by atoms with Gasteiger partial charge in [0.25, 0.3) is 0 Å². The Morgan fingerprint density at radius 3 is 2.76 bits per heavy atom. The molecule has 2 aromatic rings. The highest BCUT2D eigenvalue weighted by Crippen LogP contribution is 2.32. The van der Waals surface area contributed by atoms with Crippen molar-refractivity contribution in [2.24, 2.45) is 0 Å². The van der Waals surface area contributed by atoms with Gasteiger partial charge in [-0.15, -0.1) is 11.3 Å². The lowest BCUT2D eigenvalue weighted by Gasteiger charge is -2.16. The van der Waals surface area contributed by atoms with Crippen LogP contribution in [0, 0.1) is 5.82 Å². The van der Waals surface area contributed by atoms with Crippen LogP contribution >= 0.6 is 11.3 Å². The maximum absolute atomic E-state index is 13.3. The van der Waals surface area contributed by atoms with Gasteiger partial charge in [-0.05, 0) is 43.0 Å². The van der Waals surface area contributed by atoms with Gasteiger partial charge in [0.15, 0.2) is 0 Å². The molecule has 1 atom stereocenters. The molecule has 116 valence electrons. The van der Waals surface area contributed by atoms with Gasteiger partial charge in [0.1, 0.15) is 15.7 Å². The van der Waals surface area contributed by atoms with Crippen LogP contribution in [-0.4, -0.2) is 27.0 Å². The Balaban J connectivity index is 2.24. The molecule has 1 aromatic heterocycles. The van der Waals surface area contributed by atoms with Crippen molar-refractivity contribution in [3.8, 4) is 0 Å². The second-order valence-electron chi connectivity index (χ2n) is 5.26. The van der Waals surface area contributed by atoms with Gasteiger partial charge in [-0.25, -0.2) is 12.8 Å². The zero-order chi connectivity index (χ0) is 15.5. The Morgan fingerprint density at radius 1 is 1.33 bits per heavy atom. The molecule has 0 saturated carbocycles. The highest BCUT2D eigenvalue weighted by Gasteiger charge is 2.16. The van der Waals surface area contributed by atoms with Crippen molar-refractivity contribution in [3.63, 3.8) is 0 Å². The molecule has 1 unspecified atom stereocenters. The van der Waals surface area contributed by atoms with Gasteiger partial charge >= 0.3 is 0 Å². The third-order valence-electron chi connectivity index (χ3n) is 3.26. The predicted molar refractivity (Wildman–Crippen MR) is 87.1 cm³/mol. The van der Waals surface area contributed by atoms with Crippen molar-refractivity contribution in [2.75, 3.05) is 18.6 Å². The number of benzene rings is 1. The maximum atomic E-state index is 13.3. The highest BCUT2D eigenvalue weighted by atomic mass is 32.2. The van der Waals surface area contributed by atoms with Crippen molar-refractivity contribution >= 4 is 31.3 Å². The summed E-state index contributed by atoms with van der Waals surface area (Å²) in [6.45, 7) is 2.90. The molecule has 0 spiro atoms. The highest BCUT2D eigenvalue weighted by molar-refractivity contribution is 7.90. The average Bonchev–Trinajstić information content (AvgIpc) is 2.80. The molecule has 6 heteroatoms. The number of hydrogen-bond donors (Lipinski definition) is 1. The summed E-state index contributed by atoms with van der Waals surface area (Å²) in [6, 6.07) is 6.76. The van der Waals surface area contributed by atoms with E-state index in [9.17, 15) is 12.8 Å². The van der Waals surface area contributed by atoms with Crippen LogP contribution in [0.15, 0.2) is 24.3 Å². The Morgan fingerprint density at radius 2 is 2.10 bits per heavy atom. The quantitative estimate of drug-likeness (QED) is 0.845. The number of thiophene rings is 1. The van der Waals surface area contributed by atoms with E-state index in [0.717, 1.165) is 27.9 Å². The first-order valence-electron chi connectivity index (χ1n) is 6.99. The Kier molecular flexibility index (Phi) is 5.35. The lowest BCUT2D eigenvalue weighted by Crippen LogP contribution is -2.23. The molecule has 1 aromatic carbocycles. The molecule has 1 heterocycles. The first-order chi connectivity index (χ1) is 9.89. The maximum Gasteiger partial charge on any atom is 0.147 e. The monoisotopic (exact) mass is 329 g/mol. The molecule has 1 N–H and O–H groups in total. The van der Waals surface area contributed by atoms with E-state index >= 15 is 0 Å². The van der Waals surface area contributed by atoms with Crippen LogP contribution in [0.1, 0.15) is 30.7 Å². The molecule has 0 aliphatic heterocycles. The minimum absolute atomic E-state index is 0.000126. The molecule has 0 fully saturated rings. The van der Waals surface area contributed by atoms with Gasteiger partial charge in [0.05, 0.1) is 5.75 Å². The molecule has 0 saturated heterocycles. The summed E-state index contributed by atoms with van der Waals surface area (Å²) in [5.41, 5.74) is 0. The van der Waals surface area contributed by atoms with E-state index in [4.69, 9.17) is 0 Å². The van der Waals surface area contributed by atoms with Crippen LogP contribution in [0.5, 0.6) is 0 Å². The summed E-state index contributed by atoms with van der Waals surface area (Å²) in [5.74, 6) is -0.0955. The van der Waals surface area contributed by atoms with E-state index in [-0.39, 0.29) is 17.6 Å². The third kappa shape index (κ3) is 4.76. The van der Waals surface area contributed by atoms with Crippen molar-refractivity contribution in [2.45, 2.75) is 25.8 Å². The molecule has 0 amide bonds. The fourth-order valence-electron chi connectivity index (χ4n) is 2.19. The first kappa shape index (κ1) is 16.4. The second-order valence-corrected chi connectivity index (χ2v) is 8.63. The SMILES string of the molecule is CCCNC(CCS(C)(=O)=O)c1cc2ccc(F)cc2s1. The topological polar surface area (TPSA) is 46.2 Å². The average molecular weight is 329 g/mol. The van der Waals surface area contributed by atoms with Crippen LogP contribution in [0.2, 0.25) is 0 Å². The molecule has 3 nitrogen and oxygen atoms in total. The largest absolute Gasteiger partial charge is 0.309 e. The number of nitrogens with one attached hydrogen (secondary N) is 1. The fraction of sp³-hybridized carbons (Fsp3) is 0.467. The standard InChI is InChI=1S/C15H20FNO2S2/c1-3-7-17-13(6-8-21(2,18)19)15-9-11-4-5-12(16)10-14(11)20-15/h4-5,9-10,13,17H,3,6-8H2,1-2H3. The number of rotatable bonds is 7. The summed E-state index contributed by atoms with van der Waals surface area (Å²) in [6.07, 6.45) is 2.77. The molecule has 0 aliphatic rings. The van der Waals surface area contributed by atoms with Crippen molar-refractivity contribution < 1.29 is 12.8 Å². The summed E-state index contributed by atoms with van der Waals surface area (Å²) in [4.78, 5) is 1.06. The van der Waals surface area contributed by atoms with Crippen molar-refractivity contribution in [3.05, 3.63) is 35.0 Å². The van der Waals surface area contributed by atoms with Crippen LogP contribution in [0.4, 0.5) is 4.39 Å². The molecular formula is C15H20FNO2S2. The second kappa shape index (κ2) is 6.85. The third-order valence-corrected chi connectivity index (χ3v) is 5.45. The minimum Gasteiger partial charge on any atom is -0.309 e. The van der Waals surface area contributed by atoms with E-state index in [1.54, 1.807) is 6.07 Å². The van der Waals surface area contributed by atoms with Crippen LogP contribution in [-0.2, 0) is 9.84 Å². The van der Waals surface area contributed by atoms with Gasteiger partial charge in [0.2, 0.25) is 0 Å². The molecule has 21 heavy (non-hydrogen) atoms. The van der Waals surface area contributed by atoms with Crippen LogP contribution in [0.3, 0.4) is 0 Å². The van der Waals surface area contributed by atoms with Gasteiger partial charge in [-0.2, -0.15) is 0 Å². The smallest absolute Gasteiger partial charge is 0.147 e. The number of hydrogen-bond acceptors (Lipinski definition) is 4. The van der Waals surface area contributed by atoms with Gasteiger partial charge in [-0.1, -0.05) is 13.0 Å². The predicted octanol–water partition coefficient (Wildman–Crippen LogP) is 3.52. The lowest BCUT2D eigenvalue weighted by molar-refractivity contribution is 0.520. The summed E-state index contributed by atoms with van der Waals surface area (Å²) >= 11 is 1.52. The molecule has 0 bridgehead atoms. The number of sulfone groups is 1. The van der Waals surface area contributed by atoms with E-state index in [1.165, 1.54) is 29.7 Å². The summed E-state index contributed by atoms with van der Waals surface area (Å²) in [7, 11) is -2.98. The zero-order valence-corrected chi connectivity index (χ0v) is 13.9. The first-order valence-corrected chi connectivity index (χ1v) is 9.87. The van der Waals surface area contributed by atoms with E-state index < -0.39 is 9.84 Å². The van der Waals surface area contributed by atoms with Crippen molar-refractivity contribution in [1.82, 2.24) is 5.32 Å². The van der Waals surface area contributed by atoms with E-state index in [2.05, 4.69) is 12.2 Å². The lowest BCUT2D eigenvalue weighted by atomic mass is 10.1. The molecular weight excluding hydrogens is 309 g/mol. The summed E-state index contributed by atoms with van der Waals surface area (Å²) in [5, 5.41) is 4.39. The van der Waals surface area contributed by atoms with E-state index in [1.807, 2.05) is 6.07 Å². The summed E-state index contributed by atoms with van der Waals surface area (Å²) < 4.78 is 36.9. The van der Waals surface area contributed by atoms with Crippen molar-refractivity contribution in [1.29, 1.82) is 0 Å². The number of halogens is 1. The molecule has 0 radical (unpaired) electrons.